The van der Waals surface area contributed by atoms with Crippen molar-refractivity contribution < 1.29 is 14.3 Å². The van der Waals surface area contributed by atoms with Gasteiger partial charge in [-0.2, -0.15) is 5.10 Å². The van der Waals surface area contributed by atoms with Gasteiger partial charge in [-0.25, -0.2) is 9.78 Å². The standard InChI is InChI=1S/C19H26N4O3/c1-4-25-18(24)14-11-20-17-15(13(2)21-22(17)3)16(14)23-9-10-26-19(12-23)7-5-6-8-19/h11H,4-10,12H2,1-3H3. The third-order valence-corrected chi connectivity index (χ3v) is 5.57. The van der Waals surface area contributed by atoms with Crippen LogP contribution in [0.15, 0.2) is 6.20 Å². The third kappa shape index (κ3) is 2.74. The normalized spacial score (nSPS) is 19.4. The number of morpholine rings is 1. The second kappa shape index (κ2) is 6.54. The number of rotatable bonds is 3. The smallest absolute Gasteiger partial charge is 0.341 e. The van der Waals surface area contributed by atoms with Gasteiger partial charge in [-0.15, -0.1) is 0 Å². The summed E-state index contributed by atoms with van der Waals surface area (Å²) in [5, 5.41) is 5.46. The maximum absolute atomic E-state index is 12.6. The Labute approximate surface area is 153 Å². The predicted molar refractivity (Wildman–Crippen MR) is 98.6 cm³/mol. The molecule has 2 fully saturated rings. The van der Waals surface area contributed by atoms with Crippen LogP contribution >= 0.6 is 0 Å². The lowest BCUT2D eigenvalue weighted by molar-refractivity contribution is -0.0501. The van der Waals surface area contributed by atoms with Gasteiger partial charge in [0, 0.05) is 26.3 Å². The SMILES string of the molecule is CCOC(=O)c1cnc2c(c(C)nn2C)c1N1CCOC2(CCCC2)C1. The minimum atomic E-state index is -0.327. The molecule has 0 atom stereocenters. The highest BCUT2D eigenvalue weighted by atomic mass is 16.5. The number of pyridine rings is 1. The van der Waals surface area contributed by atoms with E-state index in [9.17, 15) is 4.79 Å². The lowest BCUT2D eigenvalue weighted by Gasteiger charge is -2.42. The van der Waals surface area contributed by atoms with Crippen molar-refractivity contribution in [2.45, 2.75) is 45.1 Å². The second-order valence-electron chi connectivity index (χ2n) is 7.31. The number of aromatic nitrogens is 3. The number of carbonyl (C=O) groups excluding carboxylic acids is 1. The van der Waals surface area contributed by atoms with Crippen molar-refractivity contribution in [2.24, 2.45) is 7.05 Å². The van der Waals surface area contributed by atoms with Crippen LogP contribution in [-0.2, 0) is 16.5 Å². The lowest BCUT2D eigenvalue weighted by atomic mass is 9.98. The van der Waals surface area contributed by atoms with E-state index in [0.29, 0.717) is 18.8 Å². The molecule has 1 aliphatic carbocycles. The van der Waals surface area contributed by atoms with Crippen molar-refractivity contribution in [3.05, 3.63) is 17.5 Å². The zero-order valence-electron chi connectivity index (χ0n) is 15.7. The summed E-state index contributed by atoms with van der Waals surface area (Å²) in [7, 11) is 1.88. The van der Waals surface area contributed by atoms with E-state index in [1.54, 1.807) is 10.9 Å². The highest BCUT2D eigenvalue weighted by Gasteiger charge is 2.40. The molecule has 0 N–H and O–H groups in total. The zero-order chi connectivity index (χ0) is 18.3. The van der Waals surface area contributed by atoms with Crippen LogP contribution in [0.1, 0.15) is 48.7 Å². The van der Waals surface area contributed by atoms with Crippen LogP contribution in [0, 0.1) is 6.92 Å². The first-order chi connectivity index (χ1) is 12.5. The topological polar surface area (TPSA) is 69.5 Å². The summed E-state index contributed by atoms with van der Waals surface area (Å²) in [4.78, 5) is 19.4. The number of aryl methyl sites for hydroxylation is 2. The number of fused-ring (bicyclic) bond motifs is 1. The van der Waals surface area contributed by atoms with Crippen molar-refractivity contribution in [2.75, 3.05) is 31.2 Å². The van der Waals surface area contributed by atoms with E-state index < -0.39 is 0 Å². The summed E-state index contributed by atoms with van der Waals surface area (Å²) in [5.74, 6) is -0.327. The quantitative estimate of drug-likeness (QED) is 0.786. The number of anilines is 1. The Kier molecular flexibility index (Phi) is 4.34. The minimum absolute atomic E-state index is 0.0874. The summed E-state index contributed by atoms with van der Waals surface area (Å²) in [6, 6.07) is 0. The molecule has 2 aromatic heterocycles. The van der Waals surface area contributed by atoms with Gasteiger partial charge in [0.05, 0.1) is 35.6 Å². The van der Waals surface area contributed by atoms with Crippen molar-refractivity contribution in [1.29, 1.82) is 0 Å². The van der Waals surface area contributed by atoms with Crippen LogP contribution in [-0.4, -0.2) is 52.6 Å². The van der Waals surface area contributed by atoms with Gasteiger partial charge in [-0.3, -0.25) is 4.68 Å². The monoisotopic (exact) mass is 358 g/mol. The first kappa shape index (κ1) is 17.3. The van der Waals surface area contributed by atoms with Gasteiger partial charge in [-0.05, 0) is 26.7 Å². The molecule has 1 spiro atoms. The van der Waals surface area contributed by atoms with Gasteiger partial charge in [0.15, 0.2) is 5.65 Å². The Balaban J connectivity index is 1.85. The minimum Gasteiger partial charge on any atom is -0.462 e. The Morgan fingerprint density at radius 1 is 1.38 bits per heavy atom. The number of ether oxygens (including phenoxy) is 2. The summed E-state index contributed by atoms with van der Waals surface area (Å²) < 4.78 is 13.3. The molecular formula is C19H26N4O3. The highest BCUT2D eigenvalue weighted by molar-refractivity contribution is 6.05. The van der Waals surface area contributed by atoms with Gasteiger partial charge >= 0.3 is 5.97 Å². The fraction of sp³-hybridized carbons (Fsp3) is 0.632. The average Bonchev–Trinajstić information content (AvgIpc) is 3.19. The molecule has 7 heteroatoms. The van der Waals surface area contributed by atoms with E-state index in [2.05, 4.69) is 15.0 Å². The Hall–Kier alpha value is -2.15. The summed E-state index contributed by atoms with van der Waals surface area (Å²) in [6.45, 7) is 6.35. The van der Waals surface area contributed by atoms with Crippen molar-refractivity contribution in [3.8, 4) is 0 Å². The molecule has 4 rings (SSSR count). The average molecular weight is 358 g/mol. The number of nitrogens with zero attached hydrogens (tertiary/aromatic N) is 4. The number of hydrogen-bond donors (Lipinski definition) is 0. The molecule has 1 saturated carbocycles. The van der Waals surface area contributed by atoms with E-state index in [0.717, 1.165) is 48.3 Å². The molecule has 2 aromatic rings. The maximum atomic E-state index is 12.6. The van der Waals surface area contributed by atoms with E-state index in [1.165, 1.54) is 12.8 Å². The Morgan fingerprint density at radius 3 is 2.88 bits per heavy atom. The van der Waals surface area contributed by atoms with Gasteiger partial charge in [0.25, 0.3) is 0 Å². The van der Waals surface area contributed by atoms with Crippen molar-refractivity contribution in [1.82, 2.24) is 14.8 Å². The number of hydrogen-bond acceptors (Lipinski definition) is 6. The molecule has 1 saturated heterocycles. The van der Waals surface area contributed by atoms with Crippen LogP contribution in [0.5, 0.6) is 0 Å². The molecule has 0 radical (unpaired) electrons. The predicted octanol–water partition coefficient (Wildman–Crippen LogP) is 2.60. The van der Waals surface area contributed by atoms with Crippen LogP contribution in [0.4, 0.5) is 5.69 Å². The molecule has 0 bridgehead atoms. The molecular weight excluding hydrogens is 332 g/mol. The van der Waals surface area contributed by atoms with Gasteiger partial charge in [-0.1, -0.05) is 12.8 Å². The summed E-state index contributed by atoms with van der Waals surface area (Å²) in [5.41, 5.74) is 3.00. The first-order valence-corrected chi connectivity index (χ1v) is 9.43. The summed E-state index contributed by atoms with van der Waals surface area (Å²) in [6.07, 6.45) is 6.21. The van der Waals surface area contributed by atoms with Crippen molar-refractivity contribution in [3.63, 3.8) is 0 Å². The van der Waals surface area contributed by atoms with Crippen LogP contribution < -0.4 is 4.90 Å². The van der Waals surface area contributed by atoms with Gasteiger partial charge in [0.2, 0.25) is 0 Å². The fourth-order valence-electron chi connectivity index (χ4n) is 4.44. The molecule has 0 unspecified atom stereocenters. The van der Waals surface area contributed by atoms with Crippen LogP contribution in [0.2, 0.25) is 0 Å². The van der Waals surface area contributed by atoms with Crippen molar-refractivity contribution >= 4 is 22.7 Å². The Bertz CT molecular complexity index is 839. The van der Waals surface area contributed by atoms with E-state index in [1.807, 2.05) is 20.9 Å². The first-order valence-electron chi connectivity index (χ1n) is 9.43. The van der Waals surface area contributed by atoms with Gasteiger partial charge in [0.1, 0.15) is 5.56 Å². The van der Waals surface area contributed by atoms with E-state index >= 15 is 0 Å². The van der Waals surface area contributed by atoms with Crippen LogP contribution in [0.25, 0.3) is 11.0 Å². The number of esters is 1. The zero-order valence-corrected chi connectivity index (χ0v) is 15.7. The van der Waals surface area contributed by atoms with E-state index in [-0.39, 0.29) is 11.6 Å². The Morgan fingerprint density at radius 2 is 2.15 bits per heavy atom. The molecule has 7 nitrogen and oxygen atoms in total. The fourth-order valence-corrected chi connectivity index (χ4v) is 4.44. The molecule has 2 aliphatic rings. The molecule has 0 amide bonds. The molecule has 26 heavy (non-hydrogen) atoms. The lowest BCUT2D eigenvalue weighted by Crippen LogP contribution is -2.51. The van der Waals surface area contributed by atoms with Gasteiger partial charge < -0.3 is 14.4 Å². The van der Waals surface area contributed by atoms with E-state index in [4.69, 9.17) is 9.47 Å². The molecule has 0 aromatic carbocycles. The molecule has 1 aliphatic heterocycles. The second-order valence-corrected chi connectivity index (χ2v) is 7.31. The largest absolute Gasteiger partial charge is 0.462 e. The maximum Gasteiger partial charge on any atom is 0.341 e. The molecule has 140 valence electrons. The highest BCUT2D eigenvalue weighted by Crippen LogP contribution is 2.40. The van der Waals surface area contributed by atoms with Crippen LogP contribution in [0.3, 0.4) is 0 Å². The third-order valence-electron chi connectivity index (χ3n) is 5.57. The summed E-state index contributed by atoms with van der Waals surface area (Å²) >= 11 is 0. The molecule has 3 heterocycles. The number of carbonyl (C=O) groups is 1.